The zero-order valence-electron chi connectivity index (χ0n) is 23.5. The maximum absolute atomic E-state index is 14.2. The zero-order chi connectivity index (χ0) is 30.1. The highest BCUT2D eigenvalue weighted by molar-refractivity contribution is 7.89. The van der Waals surface area contributed by atoms with Crippen LogP contribution in [0.3, 0.4) is 0 Å². The zero-order valence-corrected chi connectivity index (χ0v) is 24.4. The van der Waals surface area contributed by atoms with E-state index in [0.717, 1.165) is 28.3 Å². The smallest absolute Gasteiger partial charge is 0.449 e. The van der Waals surface area contributed by atoms with Crippen LogP contribution < -0.4 is 0 Å². The second kappa shape index (κ2) is 11.7. The number of alkyl halides is 3. The molecule has 41 heavy (non-hydrogen) atoms. The summed E-state index contributed by atoms with van der Waals surface area (Å²) in [5.41, 5.74) is 5.34. The first-order valence-corrected chi connectivity index (χ1v) is 14.5. The van der Waals surface area contributed by atoms with Crippen LogP contribution in [0.1, 0.15) is 59.2 Å². The minimum Gasteiger partial charge on any atom is -0.455 e. The summed E-state index contributed by atoms with van der Waals surface area (Å²) in [4.78, 5) is 11.7. The number of Topliss-reactive ketones (excluding diaryl/α,β-unsaturated/α-hetero) is 1. The van der Waals surface area contributed by atoms with E-state index in [1.807, 2.05) is 43.3 Å². The number of carbonyl (C=O) groups excluding carboxylic acids is 1. The van der Waals surface area contributed by atoms with Crippen molar-refractivity contribution in [3.63, 3.8) is 0 Å². The molecule has 0 saturated carbocycles. The van der Waals surface area contributed by atoms with Gasteiger partial charge in [-0.25, -0.2) is 8.42 Å². The summed E-state index contributed by atoms with van der Waals surface area (Å²) in [6.45, 7) is 8.25. The third kappa shape index (κ3) is 6.80. The van der Waals surface area contributed by atoms with E-state index < -0.39 is 28.0 Å². The quantitative estimate of drug-likeness (QED) is 0.200. The molecule has 216 valence electrons. The summed E-state index contributed by atoms with van der Waals surface area (Å²) >= 11 is 0. The van der Waals surface area contributed by atoms with Crippen molar-refractivity contribution in [2.24, 2.45) is 0 Å². The Balaban J connectivity index is 1.73. The number of rotatable bonds is 9. The minimum atomic E-state index is -4.69. The number of ketones is 1. The number of hydrogen-bond acceptors (Lipinski definition) is 4. The first-order chi connectivity index (χ1) is 19.2. The molecular weight excluding hydrogens is 551 g/mol. The van der Waals surface area contributed by atoms with E-state index in [1.54, 1.807) is 38.1 Å². The van der Waals surface area contributed by atoms with Gasteiger partial charge in [0.1, 0.15) is 11.5 Å². The van der Waals surface area contributed by atoms with Crippen LogP contribution in [0.2, 0.25) is 0 Å². The van der Waals surface area contributed by atoms with Crippen LogP contribution in [0.4, 0.5) is 13.2 Å². The molecule has 1 heterocycles. The molecule has 0 aliphatic heterocycles. The largest absolute Gasteiger partial charge is 0.455 e. The molecule has 0 bridgehead atoms. The molecule has 3 aromatic carbocycles. The maximum Gasteiger partial charge on any atom is 0.449 e. The highest BCUT2D eigenvalue weighted by atomic mass is 32.2. The predicted molar refractivity (Wildman–Crippen MR) is 152 cm³/mol. The molecule has 0 N–H and O–H groups in total. The van der Waals surface area contributed by atoms with Crippen LogP contribution >= 0.6 is 0 Å². The number of carbonyl (C=O) groups is 1. The molecule has 1 aromatic heterocycles. The third-order valence-corrected chi connectivity index (χ3v) is 9.15. The Kier molecular flexibility index (Phi) is 8.61. The highest BCUT2D eigenvalue weighted by Gasteiger charge is 2.38. The summed E-state index contributed by atoms with van der Waals surface area (Å²) in [6.07, 6.45) is -4.36. The predicted octanol–water partition coefficient (Wildman–Crippen LogP) is 7.97. The number of halogens is 3. The lowest BCUT2D eigenvalue weighted by Crippen LogP contribution is -2.34. The van der Waals surface area contributed by atoms with Gasteiger partial charge in [0, 0.05) is 13.0 Å². The van der Waals surface area contributed by atoms with Crippen molar-refractivity contribution >= 4 is 15.8 Å². The average Bonchev–Trinajstić information content (AvgIpc) is 3.37. The lowest BCUT2D eigenvalue weighted by atomic mass is 10.00. The molecular formula is C32H32F3NO4S. The second-order valence-electron chi connectivity index (χ2n) is 10.4. The van der Waals surface area contributed by atoms with Crippen molar-refractivity contribution in [1.29, 1.82) is 0 Å². The standard InChI is InChI=1S/C32H32F3NO4S/c1-20-15-21(2)31(22(3)16-20)41(38,39)36(24(5)29-13-14-30(40-29)32(33,34)35)19-25-9-11-27(12-10-25)28-8-6-7-26(18-28)17-23(4)37/h6-16,18,24H,17,19H2,1-5H3. The van der Waals surface area contributed by atoms with Crippen molar-refractivity contribution in [2.75, 3.05) is 0 Å². The van der Waals surface area contributed by atoms with Crippen LogP contribution in [-0.4, -0.2) is 18.5 Å². The van der Waals surface area contributed by atoms with Gasteiger partial charge in [-0.1, -0.05) is 66.2 Å². The van der Waals surface area contributed by atoms with Crippen molar-refractivity contribution in [3.8, 4) is 11.1 Å². The average molecular weight is 584 g/mol. The number of benzene rings is 3. The number of nitrogens with zero attached hydrogens (tertiary/aromatic N) is 1. The van der Waals surface area contributed by atoms with Gasteiger partial charge in [0.05, 0.1) is 10.9 Å². The summed E-state index contributed by atoms with van der Waals surface area (Å²) in [5.74, 6) is -1.23. The normalized spacial score (nSPS) is 13.0. The molecule has 1 unspecified atom stereocenters. The van der Waals surface area contributed by atoms with E-state index in [0.29, 0.717) is 23.1 Å². The number of aryl methyl sites for hydroxylation is 3. The Bertz CT molecular complexity index is 1650. The molecule has 1 atom stereocenters. The molecule has 0 spiro atoms. The second-order valence-corrected chi connectivity index (χ2v) is 12.3. The van der Waals surface area contributed by atoms with E-state index >= 15 is 0 Å². The molecule has 0 fully saturated rings. The number of sulfonamides is 1. The van der Waals surface area contributed by atoms with Gasteiger partial charge in [-0.3, -0.25) is 4.79 Å². The Labute approximate surface area is 238 Å². The Hall–Kier alpha value is -3.69. The number of furan rings is 1. The van der Waals surface area contributed by atoms with Gasteiger partial charge in [0.2, 0.25) is 15.8 Å². The van der Waals surface area contributed by atoms with Crippen molar-refractivity contribution in [3.05, 3.63) is 112 Å². The summed E-state index contributed by atoms with van der Waals surface area (Å²) in [5, 5.41) is 0. The number of hydrogen-bond donors (Lipinski definition) is 0. The van der Waals surface area contributed by atoms with Crippen LogP contribution in [0.25, 0.3) is 11.1 Å². The third-order valence-electron chi connectivity index (χ3n) is 6.93. The van der Waals surface area contributed by atoms with Crippen molar-refractivity contribution in [1.82, 2.24) is 4.31 Å². The van der Waals surface area contributed by atoms with Gasteiger partial charge < -0.3 is 4.42 Å². The van der Waals surface area contributed by atoms with Gasteiger partial charge in [-0.2, -0.15) is 17.5 Å². The first-order valence-electron chi connectivity index (χ1n) is 13.1. The summed E-state index contributed by atoms with van der Waals surface area (Å²) in [7, 11) is -4.17. The molecule has 4 aromatic rings. The minimum absolute atomic E-state index is 0.0610. The monoisotopic (exact) mass is 583 g/mol. The van der Waals surface area contributed by atoms with E-state index in [-0.39, 0.29) is 23.0 Å². The van der Waals surface area contributed by atoms with Crippen LogP contribution in [0, 0.1) is 20.8 Å². The van der Waals surface area contributed by atoms with Gasteiger partial charge >= 0.3 is 6.18 Å². The molecule has 9 heteroatoms. The van der Waals surface area contributed by atoms with Crippen molar-refractivity contribution < 1.29 is 30.8 Å². The fourth-order valence-corrected chi connectivity index (χ4v) is 7.13. The molecule has 0 aliphatic carbocycles. The Morgan fingerprint density at radius 2 is 1.51 bits per heavy atom. The van der Waals surface area contributed by atoms with E-state index in [4.69, 9.17) is 4.42 Å². The van der Waals surface area contributed by atoms with E-state index in [1.165, 1.54) is 24.2 Å². The molecule has 5 nitrogen and oxygen atoms in total. The topological polar surface area (TPSA) is 67.6 Å². The highest BCUT2D eigenvalue weighted by Crippen LogP contribution is 2.37. The lowest BCUT2D eigenvalue weighted by molar-refractivity contribution is -0.153. The fourth-order valence-electron chi connectivity index (χ4n) is 5.12. The van der Waals surface area contributed by atoms with Crippen molar-refractivity contribution in [2.45, 2.75) is 64.7 Å². The summed E-state index contributed by atoms with van der Waals surface area (Å²) < 4.78 is 74.4. The van der Waals surface area contributed by atoms with E-state index in [2.05, 4.69) is 0 Å². The molecule has 0 amide bonds. The molecule has 4 rings (SSSR count). The molecule has 0 aliphatic rings. The fraction of sp³-hybridized carbons (Fsp3) is 0.281. The van der Waals surface area contributed by atoms with Crippen LogP contribution in [-0.2, 0) is 34.0 Å². The van der Waals surface area contributed by atoms with Crippen LogP contribution in [0.15, 0.2) is 82.1 Å². The van der Waals surface area contributed by atoms with Gasteiger partial charge in [0.25, 0.3) is 0 Å². The molecule has 0 radical (unpaired) electrons. The van der Waals surface area contributed by atoms with Gasteiger partial charge in [-0.15, -0.1) is 0 Å². The summed E-state index contributed by atoms with van der Waals surface area (Å²) in [6, 6.07) is 19.4. The van der Waals surface area contributed by atoms with Gasteiger partial charge in [0.15, 0.2) is 0 Å². The SMILES string of the molecule is CC(=O)Cc1cccc(-c2ccc(CN(C(C)c3ccc(C(F)(F)F)o3)S(=O)(=O)c3c(C)cc(C)cc3C)cc2)c1. The van der Waals surface area contributed by atoms with Gasteiger partial charge in [-0.05, 0) is 80.1 Å². The first kappa shape index (κ1) is 30.3. The lowest BCUT2D eigenvalue weighted by Gasteiger charge is -2.29. The Morgan fingerprint density at radius 1 is 0.878 bits per heavy atom. The van der Waals surface area contributed by atoms with E-state index in [9.17, 15) is 26.4 Å². The Morgan fingerprint density at radius 3 is 2.07 bits per heavy atom. The maximum atomic E-state index is 14.2. The van der Waals surface area contributed by atoms with Crippen LogP contribution in [0.5, 0.6) is 0 Å². The molecule has 0 saturated heterocycles.